The van der Waals surface area contributed by atoms with E-state index < -0.39 is 4.92 Å². The van der Waals surface area contributed by atoms with Crippen LogP contribution in [0, 0.1) is 10.1 Å². The van der Waals surface area contributed by atoms with Crippen molar-refractivity contribution in [2.45, 2.75) is 24.8 Å². The zero-order valence-corrected chi connectivity index (χ0v) is 12.1. The minimum atomic E-state index is -0.408. The number of hydrogen-bond donors (Lipinski definition) is 1. The third kappa shape index (κ3) is 3.00. The average Bonchev–Trinajstić information content (AvgIpc) is 2.44. The molecular weight excluding hydrogens is 288 g/mol. The summed E-state index contributed by atoms with van der Waals surface area (Å²) in [6.45, 7) is 0. The van der Waals surface area contributed by atoms with Gasteiger partial charge in [-0.2, -0.15) is 0 Å². The van der Waals surface area contributed by atoms with E-state index in [4.69, 9.17) is 11.6 Å². The van der Waals surface area contributed by atoms with Crippen LogP contribution in [0.15, 0.2) is 48.5 Å². The largest absolute Gasteiger partial charge is 0.381 e. The van der Waals surface area contributed by atoms with Crippen molar-refractivity contribution in [3.63, 3.8) is 0 Å². The number of nitro benzene ring substituents is 1. The molecule has 2 aromatic rings. The second-order valence-electron chi connectivity index (χ2n) is 5.34. The van der Waals surface area contributed by atoms with Crippen molar-refractivity contribution in [1.29, 1.82) is 0 Å². The molecule has 5 heteroatoms. The predicted molar refractivity (Wildman–Crippen MR) is 83.9 cm³/mol. The minimum absolute atomic E-state index is 0.0563. The van der Waals surface area contributed by atoms with Crippen LogP contribution in [0.2, 0.25) is 5.02 Å². The highest BCUT2D eigenvalue weighted by Gasteiger charge is 2.30. The Morgan fingerprint density at radius 3 is 2.52 bits per heavy atom. The summed E-state index contributed by atoms with van der Waals surface area (Å²) in [5, 5.41) is 14.6. The zero-order valence-electron chi connectivity index (χ0n) is 11.3. The molecule has 0 radical (unpaired) electrons. The molecule has 1 N–H and O–H groups in total. The maximum atomic E-state index is 10.8. The highest BCUT2D eigenvalue weighted by Crippen LogP contribution is 2.39. The fourth-order valence-corrected chi connectivity index (χ4v) is 2.86. The van der Waals surface area contributed by atoms with E-state index in [9.17, 15) is 10.1 Å². The van der Waals surface area contributed by atoms with Gasteiger partial charge >= 0.3 is 0 Å². The number of benzene rings is 2. The molecule has 1 saturated carbocycles. The molecule has 4 nitrogen and oxygen atoms in total. The molecule has 1 aliphatic carbocycles. The van der Waals surface area contributed by atoms with Gasteiger partial charge in [0, 0.05) is 18.2 Å². The Bertz CT molecular complexity index is 655. The molecule has 0 unspecified atom stereocenters. The van der Waals surface area contributed by atoms with Crippen LogP contribution in [-0.2, 0) is 0 Å². The van der Waals surface area contributed by atoms with E-state index in [2.05, 4.69) is 17.4 Å². The zero-order chi connectivity index (χ0) is 14.8. The second kappa shape index (κ2) is 5.74. The third-order valence-corrected chi connectivity index (χ3v) is 4.26. The highest BCUT2D eigenvalue weighted by molar-refractivity contribution is 6.33. The van der Waals surface area contributed by atoms with Gasteiger partial charge in [0.2, 0.25) is 0 Å². The molecule has 2 aromatic carbocycles. The lowest BCUT2D eigenvalue weighted by Crippen LogP contribution is -2.34. The van der Waals surface area contributed by atoms with Crippen LogP contribution in [0.1, 0.15) is 24.3 Å². The molecule has 0 amide bonds. The lowest BCUT2D eigenvalue weighted by atomic mass is 9.76. The molecule has 0 aliphatic heterocycles. The Hall–Kier alpha value is -2.07. The van der Waals surface area contributed by atoms with Crippen molar-refractivity contribution < 1.29 is 4.92 Å². The molecule has 0 heterocycles. The van der Waals surface area contributed by atoms with Crippen molar-refractivity contribution in [3.05, 3.63) is 69.2 Å². The third-order valence-electron chi connectivity index (χ3n) is 3.93. The molecule has 3 rings (SSSR count). The summed E-state index contributed by atoms with van der Waals surface area (Å²) in [6.07, 6.45) is 2.03. The van der Waals surface area contributed by atoms with Crippen LogP contribution in [0.25, 0.3) is 0 Å². The van der Waals surface area contributed by atoms with Gasteiger partial charge in [-0.3, -0.25) is 10.1 Å². The normalized spacial score (nSPS) is 20.6. The number of nitro groups is 1. The summed E-state index contributed by atoms with van der Waals surface area (Å²) in [5.74, 6) is 0.557. The number of non-ortho nitro benzene ring substituents is 1. The van der Waals surface area contributed by atoms with Crippen LogP contribution in [0.3, 0.4) is 0 Å². The first kappa shape index (κ1) is 13.9. The van der Waals surface area contributed by atoms with E-state index in [-0.39, 0.29) is 5.69 Å². The molecule has 0 spiro atoms. The topological polar surface area (TPSA) is 55.2 Å². The monoisotopic (exact) mass is 302 g/mol. The van der Waals surface area contributed by atoms with E-state index in [1.165, 1.54) is 17.7 Å². The summed E-state index contributed by atoms with van der Waals surface area (Å²) in [4.78, 5) is 10.4. The summed E-state index contributed by atoms with van der Waals surface area (Å²) in [7, 11) is 0. The van der Waals surface area contributed by atoms with Crippen LogP contribution >= 0.6 is 11.6 Å². The lowest BCUT2D eigenvalue weighted by Gasteiger charge is -2.37. The van der Waals surface area contributed by atoms with Crippen LogP contribution in [0.5, 0.6) is 0 Å². The van der Waals surface area contributed by atoms with Crippen molar-refractivity contribution in [3.8, 4) is 0 Å². The molecule has 0 atom stereocenters. The van der Waals surface area contributed by atoms with E-state index in [1.54, 1.807) is 6.07 Å². The van der Waals surface area contributed by atoms with Crippen LogP contribution in [0.4, 0.5) is 11.4 Å². The maximum Gasteiger partial charge on any atom is 0.271 e. The molecule has 1 aliphatic rings. The van der Waals surface area contributed by atoms with Gasteiger partial charge in [0.15, 0.2) is 0 Å². The number of nitrogens with one attached hydrogen (secondary N) is 1. The summed E-state index contributed by atoms with van der Waals surface area (Å²) in [5.41, 5.74) is 2.05. The quantitative estimate of drug-likeness (QED) is 0.663. The van der Waals surface area contributed by atoms with Gasteiger partial charge in [-0.05, 0) is 30.4 Å². The Morgan fingerprint density at radius 2 is 1.86 bits per heavy atom. The molecule has 21 heavy (non-hydrogen) atoms. The van der Waals surface area contributed by atoms with Gasteiger partial charge in [-0.15, -0.1) is 0 Å². The molecule has 0 aromatic heterocycles. The Balaban J connectivity index is 1.64. The Morgan fingerprint density at radius 1 is 1.14 bits per heavy atom. The fourth-order valence-electron chi connectivity index (χ4n) is 2.69. The first-order valence-electron chi connectivity index (χ1n) is 6.89. The van der Waals surface area contributed by atoms with Crippen molar-refractivity contribution >= 4 is 23.0 Å². The van der Waals surface area contributed by atoms with Crippen molar-refractivity contribution in [2.24, 2.45) is 0 Å². The first-order valence-corrected chi connectivity index (χ1v) is 7.26. The van der Waals surface area contributed by atoms with Crippen molar-refractivity contribution in [2.75, 3.05) is 5.32 Å². The van der Waals surface area contributed by atoms with Gasteiger partial charge in [0.05, 0.1) is 15.6 Å². The van der Waals surface area contributed by atoms with Gasteiger partial charge in [0.1, 0.15) is 0 Å². The van der Waals surface area contributed by atoms with Crippen LogP contribution < -0.4 is 5.32 Å². The van der Waals surface area contributed by atoms with E-state index in [0.717, 1.165) is 12.8 Å². The Kier molecular flexibility index (Phi) is 3.80. The fraction of sp³-hybridized carbons (Fsp3) is 0.250. The van der Waals surface area contributed by atoms with E-state index in [1.807, 2.05) is 18.2 Å². The minimum Gasteiger partial charge on any atom is -0.381 e. The number of halogens is 1. The second-order valence-corrected chi connectivity index (χ2v) is 5.75. The lowest BCUT2D eigenvalue weighted by molar-refractivity contribution is -0.384. The van der Waals surface area contributed by atoms with Crippen LogP contribution in [-0.4, -0.2) is 11.0 Å². The summed E-state index contributed by atoms with van der Waals surface area (Å²) >= 11 is 6.09. The molecule has 1 fully saturated rings. The average molecular weight is 303 g/mol. The van der Waals surface area contributed by atoms with Crippen molar-refractivity contribution in [1.82, 2.24) is 0 Å². The first-order chi connectivity index (χ1) is 10.1. The smallest absolute Gasteiger partial charge is 0.271 e. The number of rotatable bonds is 4. The molecule has 0 saturated heterocycles. The molecule has 0 bridgehead atoms. The highest BCUT2D eigenvalue weighted by atomic mass is 35.5. The molecular formula is C16H15ClN2O2. The van der Waals surface area contributed by atoms with E-state index >= 15 is 0 Å². The number of nitrogens with zero attached hydrogens (tertiary/aromatic N) is 1. The maximum absolute atomic E-state index is 10.8. The summed E-state index contributed by atoms with van der Waals surface area (Å²) in [6, 6.07) is 15.2. The molecule has 108 valence electrons. The Labute approximate surface area is 127 Å². The van der Waals surface area contributed by atoms with Gasteiger partial charge in [-0.25, -0.2) is 0 Å². The predicted octanol–water partition coefficient (Wildman–Crippen LogP) is 4.61. The summed E-state index contributed by atoms with van der Waals surface area (Å²) < 4.78 is 0. The number of hydrogen-bond acceptors (Lipinski definition) is 3. The van der Waals surface area contributed by atoms with E-state index in [0.29, 0.717) is 22.7 Å². The number of anilines is 1. The van der Waals surface area contributed by atoms with Gasteiger partial charge < -0.3 is 5.32 Å². The van der Waals surface area contributed by atoms with Gasteiger partial charge in [0.25, 0.3) is 5.69 Å². The standard InChI is InChI=1S/C16H15ClN2O2/c17-15-7-6-14(19(20)21)10-16(15)18-13-8-12(9-13)11-4-2-1-3-5-11/h1-7,10,12-13,18H,8-9H2. The SMILES string of the molecule is O=[N+]([O-])c1ccc(Cl)c(NC2CC(c3ccccc3)C2)c1. The van der Waals surface area contributed by atoms with Gasteiger partial charge in [-0.1, -0.05) is 41.9 Å².